The predicted molar refractivity (Wildman–Crippen MR) is 85.1 cm³/mol. The summed E-state index contributed by atoms with van der Waals surface area (Å²) < 4.78 is 9.82. The number of amides is 1. The first-order chi connectivity index (χ1) is 10.7. The highest BCUT2D eigenvalue weighted by Gasteiger charge is 2.34. The van der Waals surface area contributed by atoms with Crippen molar-refractivity contribution < 1.29 is 23.9 Å². The van der Waals surface area contributed by atoms with E-state index in [0.29, 0.717) is 5.56 Å². The SMILES string of the molecule is COC(=O)[C@@H](NC(=O)OC(C)(C)C)[C@H](C)C(=O)c1ccccc1. The second kappa shape index (κ2) is 7.76. The number of esters is 1. The van der Waals surface area contributed by atoms with E-state index in [0.717, 1.165) is 0 Å². The van der Waals surface area contributed by atoms with E-state index < -0.39 is 29.6 Å². The molecule has 23 heavy (non-hydrogen) atoms. The van der Waals surface area contributed by atoms with Gasteiger partial charge in [-0.2, -0.15) is 0 Å². The van der Waals surface area contributed by atoms with Gasteiger partial charge in [0, 0.05) is 5.56 Å². The van der Waals surface area contributed by atoms with Gasteiger partial charge in [-0.05, 0) is 20.8 Å². The van der Waals surface area contributed by atoms with Crippen molar-refractivity contribution in [2.24, 2.45) is 5.92 Å². The number of hydrogen-bond donors (Lipinski definition) is 1. The largest absolute Gasteiger partial charge is 0.467 e. The van der Waals surface area contributed by atoms with Gasteiger partial charge >= 0.3 is 12.1 Å². The van der Waals surface area contributed by atoms with Gasteiger partial charge in [0.25, 0.3) is 0 Å². The summed E-state index contributed by atoms with van der Waals surface area (Å²) in [5.74, 6) is -1.76. The molecule has 0 radical (unpaired) electrons. The Bertz CT molecular complexity index is 562. The summed E-state index contributed by atoms with van der Waals surface area (Å²) in [7, 11) is 1.20. The number of methoxy groups -OCH3 is 1. The summed E-state index contributed by atoms with van der Waals surface area (Å²) in [5.41, 5.74) is -0.253. The second-order valence-corrected chi connectivity index (χ2v) is 6.17. The van der Waals surface area contributed by atoms with Crippen molar-refractivity contribution in [3.8, 4) is 0 Å². The summed E-state index contributed by atoms with van der Waals surface area (Å²) >= 11 is 0. The lowest BCUT2D eigenvalue weighted by Gasteiger charge is -2.25. The molecule has 1 N–H and O–H groups in total. The fraction of sp³-hybridized carbons (Fsp3) is 0.471. The number of Topliss-reactive ketones (excluding diaryl/α,β-unsaturated/α-hetero) is 1. The quantitative estimate of drug-likeness (QED) is 0.666. The molecule has 1 rings (SSSR count). The van der Waals surface area contributed by atoms with Crippen LogP contribution >= 0.6 is 0 Å². The molecule has 0 bridgehead atoms. The second-order valence-electron chi connectivity index (χ2n) is 6.17. The molecule has 126 valence electrons. The van der Waals surface area contributed by atoms with Crippen LogP contribution in [-0.2, 0) is 14.3 Å². The molecule has 0 fully saturated rings. The van der Waals surface area contributed by atoms with Gasteiger partial charge in [-0.3, -0.25) is 4.79 Å². The summed E-state index contributed by atoms with van der Waals surface area (Å²) in [4.78, 5) is 36.3. The molecule has 1 amide bonds. The predicted octanol–water partition coefficient (Wildman–Crippen LogP) is 2.57. The van der Waals surface area contributed by atoms with Crippen molar-refractivity contribution in [2.75, 3.05) is 7.11 Å². The molecule has 0 unspecified atom stereocenters. The Labute approximate surface area is 136 Å². The van der Waals surface area contributed by atoms with E-state index in [1.54, 1.807) is 58.0 Å². The maximum Gasteiger partial charge on any atom is 0.408 e. The lowest BCUT2D eigenvalue weighted by molar-refractivity contribution is -0.144. The van der Waals surface area contributed by atoms with Gasteiger partial charge in [0.15, 0.2) is 5.78 Å². The first-order valence-corrected chi connectivity index (χ1v) is 7.32. The fourth-order valence-electron chi connectivity index (χ4n) is 1.97. The number of ether oxygens (including phenoxy) is 2. The van der Waals surface area contributed by atoms with Crippen LogP contribution in [-0.4, -0.2) is 36.6 Å². The molecular weight excluding hydrogens is 298 g/mol. The third-order valence-corrected chi connectivity index (χ3v) is 3.10. The molecule has 0 heterocycles. The van der Waals surface area contributed by atoms with Crippen molar-refractivity contribution in [3.05, 3.63) is 35.9 Å². The molecule has 0 aliphatic carbocycles. The molecule has 6 heteroatoms. The maximum absolute atomic E-state index is 12.5. The third-order valence-electron chi connectivity index (χ3n) is 3.10. The molecule has 0 saturated carbocycles. The summed E-state index contributed by atoms with van der Waals surface area (Å²) in [6.07, 6.45) is -0.777. The van der Waals surface area contributed by atoms with Gasteiger partial charge in [-0.1, -0.05) is 37.3 Å². The van der Waals surface area contributed by atoms with Crippen LogP contribution in [0.2, 0.25) is 0 Å². The lowest BCUT2D eigenvalue weighted by atomic mass is 9.92. The Morgan fingerprint density at radius 3 is 2.13 bits per heavy atom. The van der Waals surface area contributed by atoms with E-state index in [9.17, 15) is 14.4 Å². The van der Waals surface area contributed by atoms with E-state index >= 15 is 0 Å². The zero-order valence-electron chi connectivity index (χ0n) is 14.1. The van der Waals surface area contributed by atoms with Gasteiger partial charge in [0.05, 0.1) is 13.0 Å². The van der Waals surface area contributed by atoms with Crippen molar-refractivity contribution in [1.82, 2.24) is 5.32 Å². The minimum Gasteiger partial charge on any atom is -0.467 e. The molecule has 6 nitrogen and oxygen atoms in total. The minimum absolute atomic E-state index is 0.267. The summed E-state index contributed by atoms with van der Waals surface area (Å²) in [6, 6.07) is 7.44. The Hall–Kier alpha value is -2.37. The Morgan fingerprint density at radius 2 is 1.65 bits per heavy atom. The lowest BCUT2D eigenvalue weighted by Crippen LogP contribution is -2.49. The highest BCUT2D eigenvalue weighted by Crippen LogP contribution is 2.15. The molecule has 0 aliphatic rings. The Kier molecular flexibility index (Phi) is 6.30. The minimum atomic E-state index is -1.12. The molecule has 0 aliphatic heterocycles. The zero-order chi connectivity index (χ0) is 17.6. The van der Waals surface area contributed by atoms with Crippen LogP contribution in [0.5, 0.6) is 0 Å². The molecule has 2 atom stereocenters. The average molecular weight is 321 g/mol. The van der Waals surface area contributed by atoms with E-state index in [4.69, 9.17) is 4.74 Å². The number of nitrogens with one attached hydrogen (secondary N) is 1. The van der Waals surface area contributed by atoms with E-state index in [1.165, 1.54) is 7.11 Å². The number of alkyl carbamates (subject to hydrolysis) is 1. The van der Waals surface area contributed by atoms with Crippen LogP contribution in [0.15, 0.2) is 30.3 Å². The first kappa shape index (κ1) is 18.7. The van der Waals surface area contributed by atoms with E-state index in [-0.39, 0.29) is 5.78 Å². The number of carbonyl (C=O) groups excluding carboxylic acids is 3. The highest BCUT2D eigenvalue weighted by atomic mass is 16.6. The van der Waals surface area contributed by atoms with Crippen molar-refractivity contribution in [2.45, 2.75) is 39.3 Å². The van der Waals surface area contributed by atoms with Gasteiger partial charge < -0.3 is 14.8 Å². The van der Waals surface area contributed by atoms with Gasteiger partial charge in [0.2, 0.25) is 0 Å². The summed E-state index contributed by atoms with van der Waals surface area (Å²) in [5, 5.41) is 2.42. The van der Waals surface area contributed by atoms with Gasteiger partial charge in [-0.15, -0.1) is 0 Å². The molecule has 0 spiro atoms. The molecule has 1 aromatic carbocycles. The maximum atomic E-state index is 12.5. The van der Waals surface area contributed by atoms with Crippen LogP contribution in [0.4, 0.5) is 4.79 Å². The number of hydrogen-bond acceptors (Lipinski definition) is 5. The van der Waals surface area contributed by atoms with Gasteiger partial charge in [0.1, 0.15) is 11.6 Å². The molecule has 0 aromatic heterocycles. The average Bonchev–Trinajstić information content (AvgIpc) is 2.49. The van der Waals surface area contributed by atoms with E-state index in [2.05, 4.69) is 10.1 Å². The monoisotopic (exact) mass is 321 g/mol. The summed E-state index contributed by atoms with van der Waals surface area (Å²) in [6.45, 7) is 6.68. The number of ketones is 1. The van der Waals surface area contributed by atoms with Crippen LogP contribution in [0.25, 0.3) is 0 Å². The number of benzene rings is 1. The Morgan fingerprint density at radius 1 is 1.09 bits per heavy atom. The Balaban J connectivity index is 2.91. The van der Waals surface area contributed by atoms with Crippen molar-refractivity contribution in [3.63, 3.8) is 0 Å². The zero-order valence-corrected chi connectivity index (χ0v) is 14.1. The normalized spacial score (nSPS) is 13.6. The molecular formula is C17H23NO5. The van der Waals surface area contributed by atoms with Crippen molar-refractivity contribution >= 4 is 17.8 Å². The first-order valence-electron chi connectivity index (χ1n) is 7.32. The highest BCUT2D eigenvalue weighted by molar-refractivity contribution is 6.01. The standard InChI is InChI=1S/C17H23NO5/c1-11(14(19)12-9-7-6-8-10-12)13(15(20)22-5)18-16(21)23-17(2,3)4/h6-11,13H,1-5H3,(H,18,21)/t11-,13-/m0/s1. The van der Waals surface area contributed by atoms with Crippen LogP contribution in [0.3, 0.4) is 0 Å². The third kappa shape index (κ3) is 5.73. The van der Waals surface area contributed by atoms with Crippen LogP contribution < -0.4 is 5.32 Å². The topological polar surface area (TPSA) is 81.7 Å². The number of carbonyl (C=O) groups is 3. The smallest absolute Gasteiger partial charge is 0.408 e. The molecule has 1 aromatic rings. The van der Waals surface area contributed by atoms with Crippen LogP contribution in [0.1, 0.15) is 38.1 Å². The fourth-order valence-corrected chi connectivity index (χ4v) is 1.97. The van der Waals surface area contributed by atoms with Crippen molar-refractivity contribution in [1.29, 1.82) is 0 Å². The van der Waals surface area contributed by atoms with Gasteiger partial charge in [-0.25, -0.2) is 9.59 Å². The van der Waals surface area contributed by atoms with E-state index in [1.807, 2.05) is 0 Å². The van der Waals surface area contributed by atoms with Crippen LogP contribution in [0, 0.1) is 5.92 Å². The number of rotatable bonds is 5. The molecule has 0 saturated heterocycles.